The molecule has 0 atom stereocenters. The van der Waals surface area contributed by atoms with Crippen LogP contribution in [-0.2, 0) is 19.6 Å². The van der Waals surface area contributed by atoms with Crippen LogP contribution in [0.15, 0.2) is 47.4 Å². The normalized spacial score (nSPS) is 17.8. The molecule has 2 fully saturated rings. The summed E-state index contributed by atoms with van der Waals surface area (Å²) in [5.41, 5.74) is 0.902. The van der Waals surface area contributed by atoms with Crippen molar-refractivity contribution in [2.24, 2.45) is 0 Å². The number of morpholine rings is 1. The number of amides is 1. The van der Waals surface area contributed by atoms with Gasteiger partial charge >= 0.3 is 0 Å². The first-order chi connectivity index (χ1) is 15.8. The molecule has 0 radical (unpaired) electrons. The first-order valence-corrected chi connectivity index (χ1v) is 12.4. The molecular formula is C22H25ClFN3O5S. The summed E-state index contributed by atoms with van der Waals surface area (Å²) in [6.07, 6.45) is 0. The van der Waals surface area contributed by atoms with Crippen LogP contribution in [0.25, 0.3) is 0 Å². The van der Waals surface area contributed by atoms with Gasteiger partial charge < -0.3 is 19.3 Å². The number of ether oxygens (including phenoxy) is 2. The molecule has 1 amide bonds. The smallest absolute Gasteiger partial charge is 0.260 e. The molecule has 2 aliphatic heterocycles. The van der Waals surface area contributed by atoms with Crippen LogP contribution >= 0.6 is 11.6 Å². The SMILES string of the molecule is O=C(COc1ccc(Cl)cc1S(=O)(=O)N1CCOCC1)N1CCN(c2ccc(F)cc2)CC1. The number of hydrogen-bond acceptors (Lipinski definition) is 6. The van der Waals surface area contributed by atoms with E-state index in [0.29, 0.717) is 39.4 Å². The number of rotatable bonds is 6. The number of anilines is 1. The van der Waals surface area contributed by atoms with Crippen LogP contribution in [0, 0.1) is 5.82 Å². The fourth-order valence-electron chi connectivity index (χ4n) is 3.83. The molecule has 2 aliphatic rings. The van der Waals surface area contributed by atoms with Gasteiger partial charge in [-0.3, -0.25) is 4.79 Å². The summed E-state index contributed by atoms with van der Waals surface area (Å²) in [7, 11) is -3.84. The van der Waals surface area contributed by atoms with Crippen molar-refractivity contribution in [3.8, 4) is 5.75 Å². The number of piperazine rings is 1. The third-order valence-electron chi connectivity index (χ3n) is 5.67. The summed E-state index contributed by atoms with van der Waals surface area (Å²) in [6.45, 7) is 3.01. The van der Waals surface area contributed by atoms with E-state index >= 15 is 0 Å². The van der Waals surface area contributed by atoms with Crippen molar-refractivity contribution in [1.82, 2.24) is 9.21 Å². The zero-order chi connectivity index (χ0) is 23.4. The predicted octanol–water partition coefficient (Wildman–Crippen LogP) is 2.23. The summed E-state index contributed by atoms with van der Waals surface area (Å²) in [6, 6.07) is 10.6. The highest BCUT2D eigenvalue weighted by Gasteiger charge is 2.30. The molecule has 11 heteroatoms. The van der Waals surface area contributed by atoms with Crippen LogP contribution in [0.4, 0.5) is 10.1 Å². The van der Waals surface area contributed by atoms with E-state index in [9.17, 15) is 17.6 Å². The van der Waals surface area contributed by atoms with E-state index < -0.39 is 10.0 Å². The molecule has 4 rings (SSSR count). The average Bonchev–Trinajstić information content (AvgIpc) is 2.84. The Morgan fingerprint density at radius 2 is 1.67 bits per heavy atom. The van der Waals surface area contributed by atoms with Crippen molar-refractivity contribution in [1.29, 1.82) is 0 Å². The lowest BCUT2D eigenvalue weighted by Crippen LogP contribution is -2.50. The fourth-order valence-corrected chi connectivity index (χ4v) is 5.63. The van der Waals surface area contributed by atoms with Gasteiger partial charge in [0.25, 0.3) is 5.91 Å². The minimum atomic E-state index is -3.84. The molecule has 0 saturated carbocycles. The molecule has 0 aromatic heterocycles. The van der Waals surface area contributed by atoms with Crippen molar-refractivity contribution in [3.05, 3.63) is 53.3 Å². The van der Waals surface area contributed by atoms with Gasteiger partial charge in [0, 0.05) is 50.0 Å². The summed E-state index contributed by atoms with van der Waals surface area (Å²) in [5.74, 6) is -0.440. The molecule has 0 aliphatic carbocycles. The number of benzene rings is 2. The number of carbonyl (C=O) groups is 1. The molecule has 2 heterocycles. The monoisotopic (exact) mass is 497 g/mol. The van der Waals surface area contributed by atoms with Crippen LogP contribution in [-0.4, -0.2) is 82.6 Å². The zero-order valence-corrected chi connectivity index (χ0v) is 19.5. The third-order valence-corrected chi connectivity index (χ3v) is 7.82. The van der Waals surface area contributed by atoms with E-state index in [4.69, 9.17) is 21.1 Å². The van der Waals surface area contributed by atoms with Gasteiger partial charge in [-0.1, -0.05) is 11.6 Å². The van der Waals surface area contributed by atoms with Crippen LogP contribution < -0.4 is 9.64 Å². The summed E-state index contributed by atoms with van der Waals surface area (Å²) >= 11 is 6.06. The van der Waals surface area contributed by atoms with Gasteiger partial charge in [-0.05, 0) is 42.5 Å². The average molecular weight is 498 g/mol. The summed E-state index contributed by atoms with van der Waals surface area (Å²) < 4.78 is 51.6. The Hall–Kier alpha value is -2.40. The molecular weight excluding hydrogens is 473 g/mol. The minimum absolute atomic E-state index is 0.0640. The zero-order valence-electron chi connectivity index (χ0n) is 18.0. The summed E-state index contributed by atoms with van der Waals surface area (Å²) in [5, 5.41) is 0.262. The quantitative estimate of drug-likeness (QED) is 0.609. The van der Waals surface area contributed by atoms with Crippen molar-refractivity contribution in [2.75, 3.05) is 64.0 Å². The van der Waals surface area contributed by atoms with Gasteiger partial charge in [0.1, 0.15) is 16.5 Å². The van der Waals surface area contributed by atoms with E-state index in [-0.39, 0.29) is 47.1 Å². The second kappa shape index (κ2) is 10.3. The number of nitrogens with zero attached hydrogens (tertiary/aromatic N) is 3. The predicted molar refractivity (Wildman–Crippen MR) is 122 cm³/mol. The Labute approximate surface area is 197 Å². The van der Waals surface area contributed by atoms with Crippen LogP contribution in [0.5, 0.6) is 5.75 Å². The second-order valence-corrected chi connectivity index (χ2v) is 10.1. The van der Waals surface area contributed by atoms with Gasteiger partial charge in [0.2, 0.25) is 10.0 Å². The van der Waals surface area contributed by atoms with Gasteiger partial charge in [0.05, 0.1) is 13.2 Å². The van der Waals surface area contributed by atoms with E-state index in [1.807, 2.05) is 0 Å². The lowest BCUT2D eigenvalue weighted by Gasteiger charge is -2.36. The molecule has 0 spiro atoms. The maximum absolute atomic E-state index is 13.1. The molecule has 0 unspecified atom stereocenters. The highest BCUT2D eigenvalue weighted by molar-refractivity contribution is 7.89. The number of hydrogen-bond donors (Lipinski definition) is 0. The minimum Gasteiger partial charge on any atom is -0.482 e. The number of sulfonamides is 1. The van der Waals surface area contributed by atoms with E-state index in [2.05, 4.69) is 4.90 Å². The number of halogens is 2. The Kier molecular flexibility index (Phi) is 7.38. The van der Waals surface area contributed by atoms with Crippen molar-refractivity contribution in [2.45, 2.75) is 4.90 Å². The molecule has 2 saturated heterocycles. The lowest BCUT2D eigenvalue weighted by molar-refractivity contribution is -0.133. The first-order valence-electron chi connectivity index (χ1n) is 10.6. The van der Waals surface area contributed by atoms with Crippen molar-refractivity contribution >= 4 is 33.2 Å². The summed E-state index contributed by atoms with van der Waals surface area (Å²) in [4.78, 5) is 16.4. The molecule has 8 nitrogen and oxygen atoms in total. The van der Waals surface area contributed by atoms with E-state index in [0.717, 1.165) is 5.69 Å². The maximum Gasteiger partial charge on any atom is 0.260 e. The van der Waals surface area contributed by atoms with Crippen LogP contribution in [0.3, 0.4) is 0 Å². The molecule has 0 bridgehead atoms. The largest absolute Gasteiger partial charge is 0.482 e. The topological polar surface area (TPSA) is 79.4 Å². The molecule has 33 heavy (non-hydrogen) atoms. The molecule has 2 aromatic carbocycles. The molecule has 2 aromatic rings. The van der Waals surface area contributed by atoms with Crippen LogP contribution in [0.2, 0.25) is 5.02 Å². The van der Waals surface area contributed by atoms with Gasteiger partial charge in [-0.2, -0.15) is 4.31 Å². The molecule has 0 N–H and O–H groups in total. The molecule has 178 valence electrons. The Balaban J connectivity index is 1.38. The van der Waals surface area contributed by atoms with Gasteiger partial charge in [-0.25, -0.2) is 12.8 Å². The number of carbonyl (C=O) groups excluding carboxylic acids is 1. The Bertz CT molecular complexity index is 1090. The van der Waals surface area contributed by atoms with Gasteiger partial charge in [-0.15, -0.1) is 0 Å². The second-order valence-electron chi connectivity index (χ2n) is 7.74. The van der Waals surface area contributed by atoms with E-state index in [1.165, 1.54) is 34.6 Å². The first kappa shape index (κ1) is 23.7. The standard InChI is InChI=1S/C22H25ClFN3O5S/c23-17-1-6-20(21(15-17)33(29,30)27-11-13-31-14-12-27)32-16-22(28)26-9-7-25(8-10-26)19-4-2-18(24)3-5-19/h1-6,15H,7-14,16H2. The van der Waals surface area contributed by atoms with Crippen LogP contribution in [0.1, 0.15) is 0 Å². The Morgan fingerprint density at radius 1 is 1.00 bits per heavy atom. The van der Waals surface area contributed by atoms with Crippen molar-refractivity contribution < 1.29 is 27.1 Å². The van der Waals surface area contributed by atoms with Crippen molar-refractivity contribution in [3.63, 3.8) is 0 Å². The maximum atomic E-state index is 13.1. The Morgan fingerprint density at radius 3 is 2.33 bits per heavy atom. The highest BCUT2D eigenvalue weighted by atomic mass is 35.5. The third kappa shape index (κ3) is 5.57. The van der Waals surface area contributed by atoms with E-state index in [1.54, 1.807) is 17.0 Å². The van der Waals surface area contributed by atoms with Gasteiger partial charge in [0.15, 0.2) is 6.61 Å². The fraction of sp³-hybridized carbons (Fsp3) is 0.409. The highest BCUT2D eigenvalue weighted by Crippen LogP contribution is 2.30. The lowest BCUT2D eigenvalue weighted by atomic mass is 10.2.